The molecule has 3 nitrogen and oxygen atoms in total. The van der Waals surface area contributed by atoms with Crippen molar-refractivity contribution in [1.82, 2.24) is 10.2 Å². The molecule has 0 saturated carbocycles. The summed E-state index contributed by atoms with van der Waals surface area (Å²) in [6.45, 7) is 13.7. The molecule has 1 rings (SSSR count). The van der Waals surface area contributed by atoms with E-state index < -0.39 is 0 Å². The van der Waals surface area contributed by atoms with Crippen molar-refractivity contribution in [2.75, 3.05) is 20.2 Å². The van der Waals surface area contributed by atoms with Gasteiger partial charge >= 0.3 is 0 Å². The number of hydrogen-bond acceptors (Lipinski definition) is 3. The van der Waals surface area contributed by atoms with E-state index in [9.17, 15) is 0 Å². The van der Waals surface area contributed by atoms with Crippen LogP contribution in [-0.4, -0.2) is 48.8 Å². The van der Waals surface area contributed by atoms with Gasteiger partial charge in [-0.3, -0.25) is 4.90 Å². The zero-order valence-electron chi connectivity index (χ0n) is 12.4. The maximum Gasteiger partial charge on any atom is 0.0693 e. The SMILES string of the molecule is COC(C)C(C)NC1CCN(C(C)(C)C)CC1. The van der Waals surface area contributed by atoms with Gasteiger partial charge in [0.05, 0.1) is 6.10 Å². The van der Waals surface area contributed by atoms with Crippen molar-refractivity contribution in [2.45, 2.75) is 71.2 Å². The fourth-order valence-electron chi connectivity index (χ4n) is 2.43. The van der Waals surface area contributed by atoms with Gasteiger partial charge in [-0.05, 0) is 47.5 Å². The van der Waals surface area contributed by atoms with E-state index in [4.69, 9.17) is 4.74 Å². The summed E-state index contributed by atoms with van der Waals surface area (Å²) in [5, 5.41) is 3.69. The number of likely N-dealkylation sites (tertiary alicyclic amines) is 1. The van der Waals surface area contributed by atoms with E-state index in [2.05, 4.69) is 44.8 Å². The standard InChI is InChI=1S/C14H30N2O/c1-11(12(2)17-6)15-13-7-9-16(10-8-13)14(3,4)5/h11-13,15H,7-10H2,1-6H3. The van der Waals surface area contributed by atoms with Crippen LogP contribution in [0.15, 0.2) is 0 Å². The number of piperidine rings is 1. The summed E-state index contributed by atoms with van der Waals surface area (Å²) in [5.41, 5.74) is 0.316. The topological polar surface area (TPSA) is 24.5 Å². The molecule has 0 radical (unpaired) electrons. The number of methoxy groups -OCH3 is 1. The van der Waals surface area contributed by atoms with Crippen molar-refractivity contribution in [1.29, 1.82) is 0 Å². The van der Waals surface area contributed by atoms with Crippen LogP contribution in [0.1, 0.15) is 47.5 Å². The molecule has 1 aliphatic rings. The maximum absolute atomic E-state index is 5.36. The summed E-state index contributed by atoms with van der Waals surface area (Å²) < 4.78 is 5.36. The number of rotatable bonds is 4. The largest absolute Gasteiger partial charge is 0.380 e. The van der Waals surface area contributed by atoms with Gasteiger partial charge in [0.15, 0.2) is 0 Å². The monoisotopic (exact) mass is 242 g/mol. The Hall–Kier alpha value is -0.120. The fourth-order valence-corrected chi connectivity index (χ4v) is 2.43. The molecule has 1 heterocycles. The molecule has 17 heavy (non-hydrogen) atoms. The van der Waals surface area contributed by atoms with Crippen LogP contribution in [0, 0.1) is 0 Å². The molecule has 1 aliphatic heterocycles. The van der Waals surface area contributed by atoms with Crippen molar-refractivity contribution < 1.29 is 4.74 Å². The molecular formula is C14H30N2O. The second-order valence-corrected chi connectivity index (χ2v) is 6.33. The smallest absolute Gasteiger partial charge is 0.0693 e. The maximum atomic E-state index is 5.36. The van der Waals surface area contributed by atoms with Crippen molar-refractivity contribution in [2.24, 2.45) is 0 Å². The van der Waals surface area contributed by atoms with Gasteiger partial charge in [-0.1, -0.05) is 0 Å². The third kappa shape index (κ3) is 4.57. The molecule has 0 spiro atoms. The fraction of sp³-hybridized carbons (Fsp3) is 1.00. The lowest BCUT2D eigenvalue weighted by Crippen LogP contribution is -2.52. The van der Waals surface area contributed by atoms with E-state index in [1.54, 1.807) is 7.11 Å². The highest BCUT2D eigenvalue weighted by atomic mass is 16.5. The predicted molar refractivity (Wildman–Crippen MR) is 73.4 cm³/mol. The molecule has 2 atom stereocenters. The highest BCUT2D eigenvalue weighted by molar-refractivity contribution is 4.86. The lowest BCUT2D eigenvalue weighted by atomic mass is 9.97. The molecule has 0 bridgehead atoms. The van der Waals surface area contributed by atoms with Gasteiger partial charge in [-0.2, -0.15) is 0 Å². The first-order valence-corrected chi connectivity index (χ1v) is 6.88. The van der Waals surface area contributed by atoms with Gasteiger partial charge in [0.25, 0.3) is 0 Å². The van der Waals surface area contributed by atoms with Crippen LogP contribution in [0.3, 0.4) is 0 Å². The molecule has 1 saturated heterocycles. The Morgan fingerprint density at radius 1 is 1.18 bits per heavy atom. The first-order valence-electron chi connectivity index (χ1n) is 6.88. The third-order valence-corrected chi connectivity index (χ3v) is 4.02. The summed E-state index contributed by atoms with van der Waals surface area (Å²) in [6, 6.07) is 1.09. The molecule has 102 valence electrons. The van der Waals surface area contributed by atoms with E-state index in [1.807, 2.05) is 0 Å². The average molecular weight is 242 g/mol. The van der Waals surface area contributed by atoms with Gasteiger partial charge in [-0.15, -0.1) is 0 Å². The van der Waals surface area contributed by atoms with Crippen LogP contribution < -0.4 is 5.32 Å². The molecule has 1 fully saturated rings. The van der Waals surface area contributed by atoms with E-state index in [-0.39, 0.29) is 6.10 Å². The van der Waals surface area contributed by atoms with Crippen molar-refractivity contribution in [3.05, 3.63) is 0 Å². The lowest BCUT2D eigenvalue weighted by Gasteiger charge is -2.42. The molecule has 1 N–H and O–H groups in total. The second-order valence-electron chi connectivity index (χ2n) is 6.33. The van der Waals surface area contributed by atoms with Crippen LogP contribution >= 0.6 is 0 Å². The van der Waals surface area contributed by atoms with Crippen molar-refractivity contribution >= 4 is 0 Å². The minimum absolute atomic E-state index is 0.288. The summed E-state index contributed by atoms with van der Waals surface area (Å²) in [7, 11) is 1.78. The van der Waals surface area contributed by atoms with Gasteiger partial charge in [0.1, 0.15) is 0 Å². The number of nitrogens with one attached hydrogen (secondary N) is 1. The molecule has 0 aliphatic carbocycles. The minimum Gasteiger partial charge on any atom is -0.380 e. The summed E-state index contributed by atoms with van der Waals surface area (Å²) >= 11 is 0. The van der Waals surface area contributed by atoms with Gasteiger partial charge in [0.2, 0.25) is 0 Å². The Balaban J connectivity index is 2.33. The molecule has 2 unspecified atom stereocenters. The van der Waals surface area contributed by atoms with E-state index >= 15 is 0 Å². The summed E-state index contributed by atoms with van der Waals surface area (Å²) in [4.78, 5) is 2.58. The highest BCUT2D eigenvalue weighted by Gasteiger charge is 2.27. The van der Waals surface area contributed by atoms with Gasteiger partial charge in [0, 0.05) is 37.8 Å². The quantitative estimate of drug-likeness (QED) is 0.818. The molecule has 0 aromatic carbocycles. The Kier molecular flexibility index (Phi) is 5.42. The Bertz CT molecular complexity index is 217. The van der Waals surface area contributed by atoms with E-state index in [1.165, 1.54) is 25.9 Å². The Labute approximate surface area is 107 Å². The van der Waals surface area contributed by atoms with Crippen LogP contribution in [0.25, 0.3) is 0 Å². The average Bonchev–Trinajstić information content (AvgIpc) is 2.27. The summed E-state index contributed by atoms with van der Waals surface area (Å²) in [6.07, 6.45) is 2.78. The van der Waals surface area contributed by atoms with E-state index in [0.29, 0.717) is 17.6 Å². The zero-order valence-corrected chi connectivity index (χ0v) is 12.4. The summed E-state index contributed by atoms with van der Waals surface area (Å²) in [5.74, 6) is 0. The van der Waals surface area contributed by atoms with Crippen molar-refractivity contribution in [3.63, 3.8) is 0 Å². The Morgan fingerprint density at radius 2 is 1.71 bits per heavy atom. The van der Waals surface area contributed by atoms with Crippen molar-refractivity contribution in [3.8, 4) is 0 Å². The molecular weight excluding hydrogens is 212 g/mol. The molecule has 3 heteroatoms. The normalized spacial score (nSPS) is 23.6. The molecule has 0 amide bonds. The van der Waals surface area contributed by atoms with Crippen LogP contribution in [0.5, 0.6) is 0 Å². The van der Waals surface area contributed by atoms with Crippen LogP contribution in [-0.2, 0) is 4.74 Å². The lowest BCUT2D eigenvalue weighted by molar-refractivity contribution is 0.0651. The first kappa shape index (κ1) is 14.9. The molecule has 0 aromatic heterocycles. The second kappa shape index (κ2) is 6.17. The van der Waals surface area contributed by atoms with E-state index in [0.717, 1.165) is 0 Å². The Morgan fingerprint density at radius 3 is 2.12 bits per heavy atom. The first-order chi connectivity index (χ1) is 7.84. The highest BCUT2D eigenvalue weighted by Crippen LogP contribution is 2.20. The zero-order chi connectivity index (χ0) is 13.1. The predicted octanol–water partition coefficient (Wildman–Crippen LogP) is 2.26. The minimum atomic E-state index is 0.288. The van der Waals surface area contributed by atoms with Crippen LogP contribution in [0.4, 0.5) is 0 Å². The van der Waals surface area contributed by atoms with Gasteiger partial charge in [-0.25, -0.2) is 0 Å². The molecule has 0 aromatic rings. The third-order valence-electron chi connectivity index (χ3n) is 4.02. The number of nitrogens with zero attached hydrogens (tertiary/aromatic N) is 1. The van der Waals surface area contributed by atoms with Gasteiger partial charge < -0.3 is 10.1 Å². The number of hydrogen-bond donors (Lipinski definition) is 1. The van der Waals surface area contributed by atoms with Crippen LogP contribution in [0.2, 0.25) is 0 Å². The number of ether oxygens (including phenoxy) is 1.